The molecule has 0 aromatic heterocycles. The van der Waals surface area contributed by atoms with Crippen molar-refractivity contribution < 1.29 is 27.7 Å². The lowest BCUT2D eigenvalue weighted by Gasteiger charge is -2.19. The van der Waals surface area contributed by atoms with Crippen molar-refractivity contribution in [3.05, 3.63) is 88.2 Å². The molecule has 3 aromatic rings. The summed E-state index contributed by atoms with van der Waals surface area (Å²) < 4.78 is 52.4. The van der Waals surface area contributed by atoms with Crippen LogP contribution < -0.4 is 14.4 Å². The van der Waals surface area contributed by atoms with Crippen LogP contribution in [0.4, 0.5) is 13.3 Å². The molecule has 0 radical (unpaired) electrons. The van der Waals surface area contributed by atoms with Crippen molar-refractivity contribution >= 4 is 11.1 Å². The van der Waals surface area contributed by atoms with Gasteiger partial charge in [0.15, 0.2) is 5.82 Å². The van der Waals surface area contributed by atoms with Gasteiger partial charge in [-0.1, -0.05) is 35.9 Å². The van der Waals surface area contributed by atoms with Crippen molar-refractivity contribution in [2.75, 3.05) is 32.9 Å². The Morgan fingerprint density at radius 1 is 1.03 bits per heavy atom. The molecule has 0 bridgehead atoms. The fraction of sp³-hybridized carbons (Fsp3) is 0.355. The number of nitrogens with zero attached hydrogens (tertiary/aromatic N) is 1. The molecular weight excluding hydrogens is 491 g/mol. The van der Waals surface area contributed by atoms with E-state index in [9.17, 15) is 13.3 Å². The molecule has 1 unspecified atom stereocenters. The molecule has 5 rings (SSSR count). The fourth-order valence-electron chi connectivity index (χ4n) is 5.48. The largest absolute Gasteiger partial charge is 0.492 e. The standard InChI is InChI=1S/C31H32F3NO3/c1-20-4-9-25(21(2)16-20)26-11-15-36-29-18-30(38-34)28(33)17-27(29)31(26)22-5-7-23(8-6-22)37-24-10-14-35(19-24)13-3-12-32/h4-9,16-18,24H,3,10-15,19H2,1-2H3. The number of alkyl halides is 1. The van der Waals surface area contributed by atoms with Gasteiger partial charge in [-0.25, -0.2) is 4.39 Å². The van der Waals surface area contributed by atoms with E-state index in [0.717, 1.165) is 65.2 Å². The minimum atomic E-state index is -0.798. The molecule has 0 aliphatic carbocycles. The lowest BCUT2D eigenvalue weighted by atomic mass is 9.86. The van der Waals surface area contributed by atoms with E-state index in [0.29, 0.717) is 30.8 Å². The summed E-state index contributed by atoms with van der Waals surface area (Å²) in [6.45, 7) is 6.61. The first-order chi connectivity index (χ1) is 18.5. The van der Waals surface area contributed by atoms with Crippen LogP contribution >= 0.6 is 0 Å². The highest BCUT2D eigenvalue weighted by Gasteiger charge is 2.26. The minimum absolute atomic E-state index is 0.0608. The molecule has 3 aromatic carbocycles. The maximum atomic E-state index is 14.8. The smallest absolute Gasteiger partial charge is 0.211 e. The normalized spacial score (nSPS) is 17.7. The van der Waals surface area contributed by atoms with E-state index in [1.807, 2.05) is 24.3 Å². The van der Waals surface area contributed by atoms with Crippen molar-refractivity contribution in [3.63, 3.8) is 0 Å². The second kappa shape index (κ2) is 11.5. The van der Waals surface area contributed by atoms with Gasteiger partial charge < -0.3 is 9.47 Å². The number of rotatable bonds is 8. The quantitative estimate of drug-likeness (QED) is 0.311. The summed E-state index contributed by atoms with van der Waals surface area (Å²) in [5.74, 6) is -0.183. The number of ether oxygens (including phenoxy) is 2. The summed E-state index contributed by atoms with van der Waals surface area (Å²) in [6, 6.07) is 16.6. The van der Waals surface area contributed by atoms with E-state index >= 15 is 0 Å². The molecule has 4 nitrogen and oxygen atoms in total. The Labute approximate surface area is 221 Å². The average molecular weight is 524 g/mol. The van der Waals surface area contributed by atoms with Crippen LogP contribution in [0, 0.1) is 19.7 Å². The number of aryl methyl sites for hydroxylation is 2. The van der Waals surface area contributed by atoms with Crippen molar-refractivity contribution in [2.45, 2.75) is 39.2 Å². The number of benzene rings is 3. The third-order valence-corrected chi connectivity index (χ3v) is 7.29. The van der Waals surface area contributed by atoms with Crippen molar-refractivity contribution in [1.82, 2.24) is 4.90 Å². The van der Waals surface area contributed by atoms with Gasteiger partial charge in [-0.15, -0.1) is 0 Å². The van der Waals surface area contributed by atoms with Crippen LogP contribution in [0.15, 0.2) is 54.6 Å². The van der Waals surface area contributed by atoms with Crippen LogP contribution in [0.1, 0.15) is 47.1 Å². The number of hydrogen-bond acceptors (Lipinski definition) is 4. The molecule has 1 fully saturated rings. The van der Waals surface area contributed by atoms with Gasteiger partial charge in [-0.05, 0) is 72.7 Å². The highest BCUT2D eigenvalue weighted by atomic mass is 19.3. The Bertz CT molecular complexity index is 1320. The van der Waals surface area contributed by atoms with Gasteiger partial charge >= 0.3 is 0 Å². The maximum absolute atomic E-state index is 14.8. The molecule has 0 N–H and O–H groups in total. The maximum Gasteiger partial charge on any atom is 0.211 e. The summed E-state index contributed by atoms with van der Waals surface area (Å²) in [5.41, 5.74) is 6.62. The summed E-state index contributed by atoms with van der Waals surface area (Å²) in [6.07, 6.45) is 2.10. The Hall–Kier alpha value is -3.45. The summed E-state index contributed by atoms with van der Waals surface area (Å²) in [7, 11) is 0. The number of halogens is 3. The summed E-state index contributed by atoms with van der Waals surface area (Å²) in [5, 5.41) is 0. The van der Waals surface area contributed by atoms with Gasteiger partial charge in [0.2, 0.25) is 5.75 Å². The summed E-state index contributed by atoms with van der Waals surface area (Å²) >= 11 is 0. The lowest BCUT2D eigenvalue weighted by molar-refractivity contribution is -0.0109. The Morgan fingerprint density at radius 2 is 1.84 bits per heavy atom. The first-order valence-corrected chi connectivity index (χ1v) is 13.1. The van der Waals surface area contributed by atoms with Crippen molar-refractivity contribution in [2.24, 2.45) is 0 Å². The lowest BCUT2D eigenvalue weighted by Crippen LogP contribution is -2.26. The minimum Gasteiger partial charge on any atom is -0.492 e. The van der Waals surface area contributed by atoms with E-state index in [2.05, 4.69) is 41.9 Å². The van der Waals surface area contributed by atoms with Gasteiger partial charge in [0, 0.05) is 42.2 Å². The van der Waals surface area contributed by atoms with E-state index in [1.54, 1.807) is 0 Å². The molecule has 2 aliphatic heterocycles. The molecule has 2 heterocycles. The van der Waals surface area contributed by atoms with Crippen LogP contribution in [0.5, 0.6) is 17.2 Å². The SMILES string of the molecule is Cc1ccc(C2=C(c3ccc(OC4CCN(CCCF)C4)cc3)c3cc(F)c(OF)cc3OCC2)c(C)c1. The first-order valence-electron chi connectivity index (χ1n) is 13.1. The number of fused-ring (bicyclic) bond motifs is 1. The zero-order valence-electron chi connectivity index (χ0n) is 21.7. The molecule has 1 saturated heterocycles. The molecule has 200 valence electrons. The van der Waals surface area contributed by atoms with Crippen LogP contribution in [-0.4, -0.2) is 43.9 Å². The molecule has 0 amide bonds. The predicted molar refractivity (Wildman–Crippen MR) is 143 cm³/mol. The van der Waals surface area contributed by atoms with Crippen LogP contribution in [0.2, 0.25) is 0 Å². The van der Waals surface area contributed by atoms with E-state index in [-0.39, 0.29) is 12.8 Å². The predicted octanol–water partition coefficient (Wildman–Crippen LogP) is 7.26. The molecule has 1 atom stereocenters. The zero-order valence-corrected chi connectivity index (χ0v) is 21.7. The Morgan fingerprint density at radius 3 is 2.58 bits per heavy atom. The van der Waals surface area contributed by atoms with Crippen molar-refractivity contribution in [3.8, 4) is 17.2 Å². The molecule has 0 saturated carbocycles. The molecule has 38 heavy (non-hydrogen) atoms. The highest BCUT2D eigenvalue weighted by molar-refractivity contribution is 6.01. The van der Waals surface area contributed by atoms with Gasteiger partial charge in [-0.3, -0.25) is 14.2 Å². The third kappa shape index (κ3) is 5.53. The second-order valence-electron chi connectivity index (χ2n) is 10.0. The zero-order chi connectivity index (χ0) is 26.6. The van der Waals surface area contributed by atoms with Crippen molar-refractivity contribution in [1.29, 1.82) is 0 Å². The number of likely N-dealkylation sites (tertiary alicyclic amines) is 1. The number of hydrogen-bond donors (Lipinski definition) is 0. The molecule has 2 aliphatic rings. The van der Waals surface area contributed by atoms with Crippen LogP contribution in [-0.2, 0) is 0 Å². The fourth-order valence-corrected chi connectivity index (χ4v) is 5.48. The Balaban J connectivity index is 1.52. The van der Waals surface area contributed by atoms with Gasteiger partial charge in [0.25, 0.3) is 0 Å². The Kier molecular flexibility index (Phi) is 7.93. The topological polar surface area (TPSA) is 30.9 Å². The van der Waals surface area contributed by atoms with Crippen LogP contribution in [0.3, 0.4) is 0 Å². The van der Waals surface area contributed by atoms with Gasteiger partial charge in [0.05, 0.1) is 13.3 Å². The van der Waals surface area contributed by atoms with Gasteiger partial charge in [0.1, 0.15) is 17.6 Å². The van der Waals surface area contributed by atoms with E-state index in [1.165, 1.54) is 12.1 Å². The van der Waals surface area contributed by atoms with E-state index in [4.69, 9.17) is 9.47 Å². The monoisotopic (exact) mass is 523 g/mol. The molecular formula is C31H32F3NO3. The molecule has 0 spiro atoms. The van der Waals surface area contributed by atoms with Crippen LogP contribution in [0.25, 0.3) is 11.1 Å². The first kappa shape index (κ1) is 26.2. The summed E-state index contributed by atoms with van der Waals surface area (Å²) in [4.78, 5) is 5.96. The second-order valence-corrected chi connectivity index (χ2v) is 10.0. The molecule has 7 heteroatoms. The average Bonchev–Trinajstić information content (AvgIpc) is 3.27. The third-order valence-electron chi connectivity index (χ3n) is 7.29. The highest BCUT2D eigenvalue weighted by Crippen LogP contribution is 2.44. The van der Waals surface area contributed by atoms with Gasteiger partial charge in [-0.2, -0.15) is 0 Å². The van der Waals surface area contributed by atoms with E-state index < -0.39 is 11.6 Å².